The lowest BCUT2D eigenvalue weighted by Gasteiger charge is -2.33. The molecule has 1 N–H and O–H groups in total. The lowest BCUT2D eigenvalue weighted by molar-refractivity contribution is -0.139. The van der Waals surface area contributed by atoms with Crippen LogP contribution >= 0.6 is 11.6 Å². The Kier molecular flexibility index (Phi) is 10.3. The summed E-state index contributed by atoms with van der Waals surface area (Å²) in [6, 6.07) is 20.9. The molecule has 218 valence electrons. The Bertz CT molecular complexity index is 1440. The van der Waals surface area contributed by atoms with Crippen LogP contribution in [-0.2, 0) is 26.2 Å². The lowest BCUT2D eigenvalue weighted by Crippen LogP contribution is -2.52. The quantitative estimate of drug-likeness (QED) is 0.301. The Morgan fingerprint density at radius 1 is 0.976 bits per heavy atom. The summed E-state index contributed by atoms with van der Waals surface area (Å²) in [4.78, 5) is 28.9. The normalized spacial score (nSPS) is 14.3. The molecule has 1 saturated carbocycles. The Balaban J connectivity index is 1.72. The van der Waals surface area contributed by atoms with Crippen LogP contribution in [0.15, 0.2) is 83.8 Å². The minimum Gasteiger partial charge on any atom is -0.492 e. The minimum atomic E-state index is -4.19. The molecular formula is C31H36ClN3O5S. The van der Waals surface area contributed by atoms with Crippen molar-refractivity contribution in [3.05, 3.63) is 89.4 Å². The van der Waals surface area contributed by atoms with Gasteiger partial charge in [-0.3, -0.25) is 13.9 Å². The molecule has 10 heteroatoms. The van der Waals surface area contributed by atoms with E-state index in [-0.39, 0.29) is 29.1 Å². The van der Waals surface area contributed by atoms with Crippen molar-refractivity contribution in [3.8, 4) is 5.75 Å². The first kappa shape index (κ1) is 30.4. The first-order valence-corrected chi connectivity index (χ1v) is 15.7. The van der Waals surface area contributed by atoms with E-state index in [1.54, 1.807) is 80.6 Å². The van der Waals surface area contributed by atoms with Crippen LogP contribution in [0.5, 0.6) is 5.75 Å². The molecule has 1 aliphatic rings. The summed E-state index contributed by atoms with van der Waals surface area (Å²) in [5.74, 6) is -0.513. The van der Waals surface area contributed by atoms with Crippen molar-refractivity contribution in [1.29, 1.82) is 0 Å². The maximum absolute atomic E-state index is 14.1. The van der Waals surface area contributed by atoms with E-state index in [0.29, 0.717) is 22.9 Å². The van der Waals surface area contributed by atoms with Crippen LogP contribution in [0.2, 0.25) is 5.02 Å². The van der Waals surface area contributed by atoms with Gasteiger partial charge in [-0.25, -0.2) is 8.42 Å². The van der Waals surface area contributed by atoms with Gasteiger partial charge in [0.05, 0.1) is 17.2 Å². The molecule has 0 aromatic heterocycles. The fourth-order valence-corrected chi connectivity index (χ4v) is 6.60. The molecule has 0 bridgehead atoms. The number of sulfonamides is 1. The van der Waals surface area contributed by atoms with E-state index in [9.17, 15) is 18.0 Å². The van der Waals surface area contributed by atoms with Crippen LogP contribution < -0.4 is 14.4 Å². The van der Waals surface area contributed by atoms with Gasteiger partial charge in [0, 0.05) is 17.6 Å². The molecule has 3 aromatic carbocycles. The topological polar surface area (TPSA) is 96.0 Å². The Hall–Kier alpha value is -3.56. The van der Waals surface area contributed by atoms with Gasteiger partial charge in [0.2, 0.25) is 11.8 Å². The van der Waals surface area contributed by atoms with Crippen LogP contribution in [0.4, 0.5) is 5.69 Å². The van der Waals surface area contributed by atoms with Crippen molar-refractivity contribution in [2.45, 2.75) is 63.1 Å². The number of hydrogen-bond donors (Lipinski definition) is 1. The zero-order valence-electron chi connectivity index (χ0n) is 23.3. The number of carbonyl (C=O) groups is 2. The number of benzene rings is 3. The second-order valence-corrected chi connectivity index (χ2v) is 12.3. The van der Waals surface area contributed by atoms with Gasteiger partial charge in [-0.15, -0.1) is 0 Å². The number of nitrogens with one attached hydrogen (secondary N) is 1. The number of amides is 2. The maximum Gasteiger partial charge on any atom is 0.264 e. The summed E-state index contributed by atoms with van der Waals surface area (Å²) in [7, 11) is -4.19. The third-order valence-electron chi connectivity index (χ3n) is 7.21. The van der Waals surface area contributed by atoms with Crippen molar-refractivity contribution in [2.24, 2.45) is 0 Å². The largest absolute Gasteiger partial charge is 0.492 e. The molecular weight excluding hydrogens is 562 g/mol. The third-order valence-corrected chi connectivity index (χ3v) is 9.35. The first-order valence-electron chi connectivity index (χ1n) is 13.8. The van der Waals surface area contributed by atoms with Crippen LogP contribution in [0.1, 0.15) is 45.1 Å². The van der Waals surface area contributed by atoms with E-state index in [2.05, 4.69) is 5.32 Å². The first-order chi connectivity index (χ1) is 19.7. The number of carbonyl (C=O) groups excluding carboxylic acids is 2. The second kappa shape index (κ2) is 13.9. The summed E-state index contributed by atoms with van der Waals surface area (Å²) in [5, 5.41) is 3.51. The molecule has 0 saturated heterocycles. The highest BCUT2D eigenvalue weighted by Gasteiger charge is 2.34. The van der Waals surface area contributed by atoms with Gasteiger partial charge in [0.15, 0.2) is 0 Å². The molecule has 4 rings (SSSR count). The van der Waals surface area contributed by atoms with Crippen molar-refractivity contribution >= 4 is 39.1 Å². The molecule has 1 aliphatic carbocycles. The monoisotopic (exact) mass is 597 g/mol. The molecule has 1 fully saturated rings. The third kappa shape index (κ3) is 7.40. The number of rotatable bonds is 12. The SMILES string of the molecule is CCOc1ccccc1N(CC(=O)N(Cc1ccccc1Cl)[C@H](C)C(=O)NC1CCCC1)S(=O)(=O)c1ccccc1. The highest BCUT2D eigenvalue weighted by Crippen LogP contribution is 2.33. The van der Waals surface area contributed by atoms with Crippen LogP contribution in [0, 0.1) is 0 Å². The molecule has 3 aromatic rings. The highest BCUT2D eigenvalue weighted by atomic mass is 35.5. The van der Waals surface area contributed by atoms with Crippen molar-refractivity contribution in [2.75, 3.05) is 17.5 Å². The predicted octanol–water partition coefficient (Wildman–Crippen LogP) is 5.41. The average molecular weight is 598 g/mol. The van der Waals surface area contributed by atoms with E-state index in [1.807, 2.05) is 0 Å². The summed E-state index contributed by atoms with van der Waals surface area (Å²) in [6.45, 7) is 3.25. The number of hydrogen-bond acceptors (Lipinski definition) is 5. The van der Waals surface area contributed by atoms with E-state index >= 15 is 0 Å². The number of nitrogens with zero attached hydrogens (tertiary/aromatic N) is 2. The van der Waals surface area contributed by atoms with Crippen LogP contribution in [0.25, 0.3) is 0 Å². The van der Waals surface area contributed by atoms with E-state index in [4.69, 9.17) is 16.3 Å². The Labute approximate surface area is 247 Å². The molecule has 0 spiro atoms. The molecule has 41 heavy (non-hydrogen) atoms. The van der Waals surface area contributed by atoms with E-state index in [1.165, 1.54) is 17.0 Å². The number of ether oxygens (including phenoxy) is 1. The Morgan fingerprint density at radius 3 is 2.29 bits per heavy atom. The molecule has 0 radical (unpaired) electrons. The molecule has 1 atom stereocenters. The molecule has 2 amide bonds. The van der Waals surface area contributed by atoms with Gasteiger partial charge in [0.1, 0.15) is 18.3 Å². The predicted molar refractivity (Wildman–Crippen MR) is 160 cm³/mol. The standard InChI is InChI=1S/C31H36ClN3O5S/c1-3-40-29-20-12-11-19-28(29)35(41(38,39)26-16-5-4-6-17-26)22-30(36)34(21-24-13-7-10-18-27(24)32)23(2)31(37)33-25-14-8-9-15-25/h4-7,10-13,16-20,23,25H,3,8-9,14-15,21-22H2,1-2H3,(H,33,37)/t23-/m1/s1. The van der Waals surface area contributed by atoms with Crippen LogP contribution in [0.3, 0.4) is 0 Å². The average Bonchev–Trinajstić information content (AvgIpc) is 3.49. The number of anilines is 1. The second-order valence-electron chi connectivity index (χ2n) is 10.0. The van der Waals surface area contributed by atoms with Crippen LogP contribution in [-0.4, -0.2) is 50.4 Å². The molecule has 0 aliphatic heterocycles. The summed E-state index contributed by atoms with van der Waals surface area (Å²) in [6.07, 6.45) is 3.89. The zero-order chi connectivity index (χ0) is 29.4. The smallest absolute Gasteiger partial charge is 0.264 e. The van der Waals surface area contributed by atoms with Gasteiger partial charge in [-0.2, -0.15) is 0 Å². The lowest BCUT2D eigenvalue weighted by atomic mass is 10.1. The summed E-state index contributed by atoms with van der Waals surface area (Å²) >= 11 is 6.44. The van der Waals surface area contributed by atoms with Gasteiger partial charge in [-0.1, -0.05) is 73.0 Å². The number of halogens is 1. The maximum atomic E-state index is 14.1. The Morgan fingerprint density at radius 2 is 1.61 bits per heavy atom. The van der Waals surface area contributed by atoms with Crippen molar-refractivity contribution in [3.63, 3.8) is 0 Å². The van der Waals surface area contributed by atoms with E-state index < -0.39 is 28.5 Å². The molecule has 8 nitrogen and oxygen atoms in total. The summed E-state index contributed by atoms with van der Waals surface area (Å²) < 4.78 is 34.8. The zero-order valence-corrected chi connectivity index (χ0v) is 24.9. The highest BCUT2D eigenvalue weighted by molar-refractivity contribution is 7.92. The van der Waals surface area contributed by atoms with Gasteiger partial charge in [-0.05, 0) is 62.6 Å². The fraction of sp³-hybridized carbons (Fsp3) is 0.355. The van der Waals surface area contributed by atoms with Gasteiger partial charge in [0.25, 0.3) is 10.0 Å². The summed E-state index contributed by atoms with van der Waals surface area (Å²) in [5.41, 5.74) is 0.877. The minimum absolute atomic E-state index is 0.0313. The van der Waals surface area contributed by atoms with Gasteiger partial charge < -0.3 is 15.0 Å². The number of para-hydroxylation sites is 2. The molecule has 0 heterocycles. The molecule has 0 unspecified atom stereocenters. The van der Waals surface area contributed by atoms with Gasteiger partial charge >= 0.3 is 0 Å². The fourth-order valence-electron chi connectivity index (χ4n) is 4.96. The van der Waals surface area contributed by atoms with Crippen molar-refractivity contribution in [1.82, 2.24) is 10.2 Å². The van der Waals surface area contributed by atoms with E-state index in [0.717, 1.165) is 30.0 Å². The van der Waals surface area contributed by atoms with Crippen molar-refractivity contribution < 1.29 is 22.7 Å².